The van der Waals surface area contributed by atoms with Crippen molar-refractivity contribution >= 4 is 6.03 Å². The first-order valence-electron chi connectivity index (χ1n) is 8.35. The number of nitrogens with one attached hydrogen (secondary N) is 2. The van der Waals surface area contributed by atoms with Crippen LogP contribution in [0.15, 0.2) is 12.4 Å². The number of nitrogens with zero attached hydrogens (tertiary/aromatic N) is 2. The molecule has 0 bridgehead atoms. The van der Waals surface area contributed by atoms with Crippen LogP contribution in [0.1, 0.15) is 52.5 Å². The summed E-state index contributed by atoms with van der Waals surface area (Å²) < 4.78 is 1.63. The zero-order valence-corrected chi connectivity index (χ0v) is 14.9. The van der Waals surface area contributed by atoms with Gasteiger partial charge in [-0.2, -0.15) is 5.10 Å². The molecule has 2 amide bonds. The molecule has 1 aromatic heterocycles. The van der Waals surface area contributed by atoms with Gasteiger partial charge in [0.25, 0.3) is 0 Å². The summed E-state index contributed by atoms with van der Waals surface area (Å²) in [5.74, 6) is 0.461. The smallest absolute Gasteiger partial charge is 0.315 e. The average Bonchev–Trinajstić information content (AvgIpc) is 2.87. The molecular formula is C17H30N4O2. The van der Waals surface area contributed by atoms with E-state index in [2.05, 4.69) is 36.5 Å². The third-order valence-corrected chi connectivity index (χ3v) is 4.93. The first kappa shape index (κ1) is 17.8. The van der Waals surface area contributed by atoms with Gasteiger partial charge in [-0.05, 0) is 37.5 Å². The number of carbonyl (C=O) groups is 1. The zero-order valence-electron chi connectivity index (χ0n) is 14.9. The lowest BCUT2D eigenvalue weighted by molar-refractivity contribution is 0.0587. The van der Waals surface area contributed by atoms with E-state index in [-0.39, 0.29) is 18.6 Å². The summed E-state index contributed by atoms with van der Waals surface area (Å²) in [5.41, 5.74) is -0.0859. The minimum Gasteiger partial charge on any atom is -0.383 e. The molecule has 1 aromatic rings. The molecule has 0 aromatic carbocycles. The van der Waals surface area contributed by atoms with E-state index >= 15 is 0 Å². The van der Waals surface area contributed by atoms with Crippen LogP contribution in [0.4, 0.5) is 4.79 Å². The Balaban J connectivity index is 1.83. The fourth-order valence-corrected chi connectivity index (χ4v) is 3.43. The number of aromatic nitrogens is 2. The first-order valence-corrected chi connectivity index (χ1v) is 8.35. The summed E-state index contributed by atoms with van der Waals surface area (Å²) in [6, 6.07) is -0.0166. The highest BCUT2D eigenvalue weighted by Crippen LogP contribution is 2.38. The highest BCUT2D eigenvalue weighted by Gasteiger charge is 2.33. The molecule has 1 fully saturated rings. The number of aryl methyl sites for hydroxylation is 1. The van der Waals surface area contributed by atoms with Crippen LogP contribution in [0.2, 0.25) is 0 Å². The van der Waals surface area contributed by atoms with Gasteiger partial charge in [0.1, 0.15) is 5.60 Å². The van der Waals surface area contributed by atoms with E-state index in [9.17, 15) is 9.90 Å². The molecule has 3 N–H and O–H groups in total. The summed E-state index contributed by atoms with van der Waals surface area (Å²) in [7, 11) is 1.80. The van der Waals surface area contributed by atoms with Crippen LogP contribution < -0.4 is 10.6 Å². The molecule has 0 aliphatic heterocycles. The molecule has 1 aliphatic rings. The van der Waals surface area contributed by atoms with Crippen molar-refractivity contribution in [1.82, 2.24) is 20.4 Å². The van der Waals surface area contributed by atoms with Gasteiger partial charge in [0.15, 0.2) is 0 Å². The van der Waals surface area contributed by atoms with E-state index < -0.39 is 5.60 Å². The number of hydrogen-bond donors (Lipinski definition) is 3. The summed E-state index contributed by atoms with van der Waals surface area (Å²) in [5, 5.41) is 20.4. The quantitative estimate of drug-likeness (QED) is 0.794. The molecule has 2 rings (SSSR count). The standard InChI is InChI=1S/C17H30N4O2/c1-12-8-16(2,3)7-6-14(12)20-15(22)18-11-17(4,23)13-9-19-21(5)10-13/h9-10,12,14,23H,6-8,11H2,1-5H3,(H2,18,20,22)/t12-,14+,17-/m1/s1. The molecule has 1 saturated carbocycles. The Kier molecular flexibility index (Phi) is 5.04. The molecule has 1 aliphatic carbocycles. The second-order valence-electron chi connectivity index (χ2n) is 7.99. The second-order valence-corrected chi connectivity index (χ2v) is 7.99. The molecular weight excluding hydrogens is 292 g/mol. The number of amides is 2. The number of urea groups is 1. The van der Waals surface area contributed by atoms with Gasteiger partial charge < -0.3 is 15.7 Å². The molecule has 130 valence electrons. The van der Waals surface area contributed by atoms with E-state index in [4.69, 9.17) is 0 Å². The molecule has 0 radical (unpaired) electrons. The van der Waals surface area contributed by atoms with Crippen LogP contribution in [-0.4, -0.2) is 33.5 Å². The largest absolute Gasteiger partial charge is 0.383 e. The average molecular weight is 322 g/mol. The van der Waals surface area contributed by atoms with E-state index in [0.717, 1.165) is 19.3 Å². The van der Waals surface area contributed by atoms with Gasteiger partial charge in [-0.25, -0.2) is 4.79 Å². The number of aliphatic hydroxyl groups is 1. The fraction of sp³-hybridized carbons (Fsp3) is 0.765. The maximum Gasteiger partial charge on any atom is 0.315 e. The SMILES string of the molecule is C[C@@H]1CC(C)(C)CC[C@@H]1NC(=O)NC[C@@](C)(O)c1cnn(C)c1. The Labute approximate surface area is 138 Å². The van der Waals surface area contributed by atoms with Crippen molar-refractivity contribution < 1.29 is 9.90 Å². The molecule has 6 heteroatoms. The lowest BCUT2D eigenvalue weighted by atomic mass is 9.70. The fourth-order valence-electron chi connectivity index (χ4n) is 3.43. The van der Waals surface area contributed by atoms with Crippen LogP contribution in [-0.2, 0) is 12.6 Å². The van der Waals surface area contributed by atoms with Crippen LogP contribution in [0.5, 0.6) is 0 Å². The molecule has 1 heterocycles. The third-order valence-electron chi connectivity index (χ3n) is 4.93. The third kappa shape index (κ3) is 4.70. The van der Waals surface area contributed by atoms with Crippen LogP contribution in [0, 0.1) is 11.3 Å². The van der Waals surface area contributed by atoms with Gasteiger partial charge in [-0.1, -0.05) is 20.8 Å². The molecule has 0 spiro atoms. The Morgan fingerprint density at radius 1 is 1.57 bits per heavy atom. The van der Waals surface area contributed by atoms with Crippen molar-refractivity contribution in [3.8, 4) is 0 Å². The van der Waals surface area contributed by atoms with Gasteiger partial charge in [0.05, 0.1) is 12.7 Å². The monoisotopic (exact) mass is 322 g/mol. The summed E-state index contributed by atoms with van der Waals surface area (Å²) >= 11 is 0. The number of carbonyl (C=O) groups excluding carboxylic acids is 1. The molecule has 3 atom stereocenters. The van der Waals surface area contributed by atoms with Crippen molar-refractivity contribution in [2.24, 2.45) is 18.4 Å². The van der Waals surface area contributed by atoms with Crippen molar-refractivity contribution in [2.45, 2.75) is 58.6 Å². The topological polar surface area (TPSA) is 79.2 Å². The summed E-state index contributed by atoms with van der Waals surface area (Å²) in [6.07, 6.45) is 6.61. The van der Waals surface area contributed by atoms with Crippen molar-refractivity contribution in [2.75, 3.05) is 6.54 Å². The minimum atomic E-state index is -1.13. The van der Waals surface area contributed by atoms with Gasteiger partial charge >= 0.3 is 6.03 Å². The first-order chi connectivity index (χ1) is 10.6. The Morgan fingerprint density at radius 3 is 2.83 bits per heavy atom. The Bertz CT molecular complexity index is 551. The maximum absolute atomic E-state index is 12.1. The van der Waals surface area contributed by atoms with Gasteiger partial charge in [-0.15, -0.1) is 0 Å². The van der Waals surface area contributed by atoms with Crippen LogP contribution in [0.3, 0.4) is 0 Å². The van der Waals surface area contributed by atoms with Crippen LogP contribution >= 0.6 is 0 Å². The van der Waals surface area contributed by atoms with E-state index in [1.807, 2.05) is 0 Å². The Morgan fingerprint density at radius 2 is 2.26 bits per heavy atom. The van der Waals surface area contributed by atoms with Gasteiger partial charge in [0.2, 0.25) is 0 Å². The summed E-state index contributed by atoms with van der Waals surface area (Å²) in [6.45, 7) is 8.58. The number of hydrogen-bond acceptors (Lipinski definition) is 3. The van der Waals surface area contributed by atoms with E-state index in [1.165, 1.54) is 0 Å². The van der Waals surface area contributed by atoms with Crippen molar-refractivity contribution in [1.29, 1.82) is 0 Å². The summed E-state index contributed by atoms with van der Waals surface area (Å²) in [4.78, 5) is 12.1. The van der Waals surface area contributed by atoms with Gasteiger partial charge in [0, 0.05) is 24.8 Å². The van der Waals surface area contributed by atoms with E-state index in [1.54, 1.807) is 31.0 Å². The van der Waals surface area contributed by atoms with Gasteiger partial charge in [-0.3, -0.25) is 4.68 Å². The highest BCUT2D eigenvalue weighted by molar-refractivity contribution is 5.74. The van der Waals surface area contributed by atoms with E-state index in [0.29, 0.717) is 16.9 Å². The van der Waals surface area contributed by atoms with Crippen LogP contribution in [0.25, 0.3) is 0 Å². The van der Waals surface area contributed by atoms with Crippen molar-refractivity contribution in [3.05, 3.63) is 18.0 Å². The maximum atomic E-state index is 12.1. The molecule has 0 unspecified atom stereocenters. The highest BCUT2D eigenvalue weighted by atomic mass is 16.3. The minimum absolute atomic E-state index is 0.150. The molecule has 6 nitrogen and oxygen atoms in total. The predicted molar refractivity (Wildman–Crippen MR) is 89.9 cm³/mol. The predicted octanol–water partition coefficient (Wildman–Crippen LogP) is 2.14. The van der Waals surface area contributed by atoms with Crippen molar-refractivity contribution in [3.63, 3.8) is 0 Å². The lowest BCUT2D eigenvalue weighted by Crippen LogP contribution is -2.50. The molecule has 0 saturated heterocycles. The molecule has 23 heavy (non-hydrogen) atoms. The second kappa shape index (κ2) is 6.51. The zero-order chi connectivity index (χ0) is 17.3. The normalized spacial score (nSPS) is 26.3. The Hall–Kier alpha value is -1.56. The lowest BCUT2D eigenvalue weighted by Gasteiger charge is -2.39. The number of rotatable bonds is 4.